The lowest BCUT2D eigenvalue weighted by Crippen LogP contribution is -2.30. The van der Waals surface area contributed by atoms with E-state index in [0.29, 0.717) is 12.0 Å². The van der Waals surface area contributed by atoms with E-state index in [1.807, 2.05) is 0 Å². The minimum absolute atomic E-state index is 0.421. The first-order chi connectivity index (χ1) is 11.2. The van der Waals surface area contributed by atoms with E-state index in [1.54, 1.807) is 0 Å². The van der Waals surface area contributed by atoms with Crippen molar-refractivity contribution in [3.8, 4) is 0 Å². The van der Waals surface area contributed by atoms with Gasteiger partial charge in [0.2, 0.25) is 0 Å². The molecular formula is C22H29N. The first-order valence-electron chi connectivity index (χ1n) is 8.69. The van der Waals surface area contributed by atoms with E-state index in [4.69, 9.17) is 0 Å². The highest BCUT2D eigenvalue weighted by atomic mass is 15.1. The van der Waals surface area contributed by atoms with Crippen LogP contribution in [0.1, 0.15) is 38.3 Å². The lowest BCUT2D eigenvalue weighted by atomic mass is 10.1. The van der Waals surface area contributed by atoms with E-state index >= 15 is 0 Å². The SMILES string of the molecule is CCC(C)/C=C\[C@H](C)N(Cc1ccccc1)Cc1ccccc1. The molecule has 0 aliphatic carbocycles. The van der Waals surface area contributed by atoms with Crippen LogP contribution in [-0.2, 0) is 13.1 Å². The van der Waals surface area contributed by atoms with Gasteiger partial charge in [0, 0.05) is 19.1 Å². The van der Waals surface area contributed by atoms with E-state index in [-0.39, 0.29) is 0 Å². The van der Waals surface area contributed by atoms with Crippen LogP contribution in [0.3, 0.4) is 0 Å². The van der Waals surface area contributed by atoms with Crippen molar-refractivity contribution in [2.75, 3.05) is 0 Å². The quantitative estimate of drug-likeness (QED) is 0.567. The Hall–Kier alpha value is -1.86. The lowest BCUT2D eigenvalue weighted by Gasteiger charge is -2.27. The molecule has 0 aliphatic heterocycles. The van der Waals surface area contributed by atoms with Crippen LogP contribution in [0.4, 0.5) is 0 Å². The smallest absolute Gasteiger partial charge is 0.0257 e. The van der Waals surface area contributed by atoms with Gasteiger partial charge in [0.05, 0.1) is 0 Å². The van der Waals surface area contributed by atoms with Crippen molar-refractivity contribution < 1.29 is 0 Å². The van der Waals surface area contributed by atoms with Crippen molar-refractivity contribution in [1.82, 2.24) is 4.90 Å². The van der Waals surface area contributed by atoms with Gasteiger partial charge in [-0.2, -0.15) is 0 Å². The number of hydrogen-bond donors (Lipinski definition) is 0. The largest absolute Gasteiger partial charge is 0.289 e. The second-order valence-electron chi connectivity index (χ2n) is 6.39. The van der Waals surface area contributed by atoms with Gasteiger partial charge in [-0.15, -0.1) is 0 Å². The van der Waals surface area contributed by atoms with Gasteiger partial charge in [0.25, 0.3) is 0 Å². The standard InChI is InChI=1S/C22H29N/c1-4-19(2)15-16-20(3)23(17-21-11-7-5-8-12-21)18-22-13-9-6-10-14-22/h5-16,19-20H,4,17-18H2,1-3H3/b16-15-/t19?,20-/m0/s1. The van der Waals surface area contributed by atoms with Crippen molar-refractivity contribution in [3.63, 3.8) is 0 Å². The summed E-state index contributed by atoms with van der Waals surface area (Å²) in [6.07, 6.45) is 5.91. The third-order valence-electron chi connectivity index (χ3n) is 4.40. The molecule has 0 saturated heterocycles. The molecule has 0 radical (unpaired) electrons. The molecular weight excluding hydrogens is 278 g/mol. The Bertz CT molecular complexity index is 532. The molecule has 0 bridgehead atoms. The number of nitrogens with zero attached hydrogens (tertiary/aromatic N) is 1. The Kier molecular flexibility index (Phi) is 7.09. The zero-order valence-electron chi connectivity index (χ0n) is 14.7. The average molecular weight is 307 g/mol. The Balaban J connectivity index is 2.11. The molecule has 0 spiro atoms. The summed E-state index contributed by atoms with van der Waals surface area (Å²) in [6.45, 7) is 8.77. The van der Waals surface area contributed by atoms with Crippen molar-refractivity contribution >= 4 is 0 Å². The van der Waals surface area contributed by atoms with Crippen LogP contribution in [0.2, 0.25) is 0 Å². The Labute approximate surface area is 141 Å². The maximum Gasteiger partial charge on any atom is 0.0257 e. The molecule has 0 fully saturated rings. The van der Waals surface area contributed by atoms with Crippen molar-refractivity contribution in [1.29, 1.82) is 0 Å². The average Bonchev–Trinajstić information content (AvgIpc) is 2.60. The second-order valence-corrected chi connectivity index (χ2v) is 6.39. The van der Waals surface area contributed by atoms with E-state index in [1.165, 1.54) is 17.5 Å². The monoisotopic (exact) mass is 307 g/mol. The number of benzene rings is 2. The summed E-state index contributed by atoms with van der Waals surface area (Å²) in [5.74, 6) is 0.646. The zero-order valence-corrected chi connectivity index (χ0v) is 14.7. The lowest BCUT2D eigenvalue weighted by molar-refractivity contribution is 0.222. The van der Waals surface area contributed by atoms with Gasteiger partial charge in [-0.05, 0) is 24.0 Å². The van der Waals surface area contributed by atoms with Gasteiger partial charge >= 0.3 is 0 Å². The number of hydrogen-bond acceptors (Lipinski definition) is 1. The summed E-state index contributed by atoms with van der Waals surface area (Å²) >= 11 is 0. The van der Waals surface area contributed by atoms with Crippen LogP contribution < -0.4 is 0 Å². The van der Waals surface area contributed by atoms with Crippen LogP contribution in [0.5, 0.6) is 0 Å². The van der Waals surface area contributed by atoms with Crippen LogP contribution in [0.15, 0.2) is 72.8 Å². The zero-order chi connectivity index (χ0) is 16.5. The van der Waals surface area contributed by atoms with E-state index in [9.17, 15) is 0 Å². The second kappa shape index (κ2) is 9.32. The minimum atomic E-state index is 0.421. The molecule has 2 aromatic carbocycles. The predicted molar refractivity (Wildman–Crippen MR) is 100 cm³/mol. The number of rotatable bonds is 8. The summed E-state index contributed by atoms with van der Waals surface area (Å²) in [4.78, 5) is 2.53. The van der Waals surface area contributed by atoms with Crippen molar-refractivity contribution in [2.45, 2.75) is 46.3 Å². The normalized spacial score (nSPS) is 14.3. The Morgan fingerprint density at radius 2 is 1.26 bits per heavy atom. The first kappa shape index (κ1) is 17.5. The Morgan fingerprint density at radius 1 is 0.783 bits per heavy atom. The van der Waals surface area contributed by atoms with Gasteiger partial charge in [-0.3, -0.25) is 4.90 Å². The summed E-state index contributed by atoms with van der Waals surface area (Å²) in [6, 6.07) is 21.9. The molecule has 1 nitrogen and oxygen atoms in total. The molecule has 1 heteroatoms. The number of allylic oxidation sites excluding steroid dienone is 1. The predicted octanol–water partition coefficient (Wildman–Crippen LogP) is 5.68. The molecule has 2 rings (SSSR count). The maximum atomic E-state index is 2.53. The Morgan fingerprint density at radius 3 is 1.70 bits per heavy atom. The highest BCUT2D eigenvalue weighted by molar-refractivity contribution is 5.18. The van der Waals surface area contributed by atoms with Crippen LogP contribution in [0.25, 0.3) is 0 Å². The van der Waals surface area contributed by atoms with Crippen LogP contribution >= 0.6 is 0 Å². The molecule has 2 atom stereocenters. The molecule has 0 N–H and O–H groups in total. The fourth-order valence-corrected chi connectivity index (χ4v) is 2.59. The third kappa shape index (κ3) is 6.03. The van der Waals surface area contributed by atoms with E-state index < -0.39 is 0 Å². The third-order valence-corrected chi connectivity index (χ3v) is 4.40. The molecule has 0 saturated carbocycles. The molecule has 0 aliphatic rings. The summed E-state index contributed by atoms with van der Waals surface area (Å²) in [5.41, 5.74) is 2.74. The van der Waals surface area contributed by atoms with Crippen molar-refractivity contribution in [2.24, 2.45) is 5.92 Å². The summed E-state index contributed by atoms with van der Waals surface area (Å²) < 4.78 is 0. The van der Waals surface area contributed by atoms with Crippen LogP contribution in [0, 0.1) is 5.92 Å². The van der Waals surface area contributed by atoms with Gasteiger partial charge in [-0.25, -0.2) is 0 Å². The highest BCUT2D eigenvalue weighted by Crippen LogP contribution is 2.15. The summed E-state index contributed by atoms with van der Waals surface area (Å²) in [5, 5.41) is 0. The molecule has 2 aromatic rings. The van der Waals surface area contributed by atoms with E-state index in [2.05, 4.69) is 98.5 Å². The van der Waals surface area contributed by atoms with Gasteiger partial charge in [0.1, 0.15) is 0 Å². The molecule has 122 valence electrons. The maximum absolute atomic E-state index is 2.53. The van der Waals surface area contributed by atoms with Gasteiger partial charge in [-0.1, -0.05) is 93.1 Å². The van der Waals surface area contributed by atoms with Crippen LogP contribution in [-0.4, -0.2) is 10.9 Å². The highest BCUT2D eigenvalue weighted by Gasteiger charge is 2.12. The fourth-order valence-electron chi connectivity index (χ4n) is 2.59. The topological polar surface area (TPSA) is 3.24 Å². The summed E-state index contributed by atoms with van der Waals surface area (Å²) in [7, 11) is 0. The van der Waals surface area contributed by atoms with Crippen molar-refractivity contribution in [3.05, 3.63) is 83.9 Å². The molecule has 0 heterocycles. The van der Waals surface area contributed by atoms with E-state index in [0.717, 1.165) is 13.1 Å². The molecule has 23 heavy (non-hydrogen) atoms. The molecule has 0 aromatic heterocycles. The fraction of sp³-hybridized carbons (Fsp3) is 0.364. The van der Waals surface area contributed by atoms with Gasteiger partial charge < -0.3 is 0 Å². The minimum Gasteiger partial charge on any atom is -0.289 e. The molecule has 0 amide bonds. The van der Waals surface area contributed by atoms with Gasteiger partial charge in [0.15, 0.2) is 0 Å². The first-order valence-corrected chi connectivity index (χ1v) is 8.69. The molecule has 1 unspecified atom stereocenters.